The van der Waals surface area contributed by atoms with E-state index in [1.165, 1.54) is 64.2 Å². The number of hydrogen-bond acceptors (Lipinski definition) is 0. The molecule has 0 saturated heterocycles. The van der Waals surface area contributed by atoms with Crippen LogP contribution in [0, 0.1) is 23.7 Å². The normalized spacial score (nSPS) is 16.8. The van der Waals surface area contributed by atoms with Crippen molar-refractivity contribution in [2.75, 3.05) is 0 Å². The Balaban J connectivity index is 3.69. The molecule has 0 aromatic rings. The molecule has 0 N–H and O–H groups in total. The van der Waals surface area contributed by atoms with Crippen molar-refractivity contribution in [3.05, 3.63) is 0 Å². The summed E-state index contributed by atoms with van der Waals surface area (Å²) in [6.45, 7) is 14.7. The molecule has 0 amide bonds. The molecule has 138 valence electrons. The van der Waals surface area contributed by atoms with E-state index in [9.17, 15) is 0 Å². The van der Waals surface area contributed by atoms with Crippen LogP contribution < -0.4 is 0 Å². The molecule has 0 nitrogen and oxygen atoms in total. The quantitative estimate of drug-likeness (QED) is 0.199. The van der Waals surface area contributed by atoms with Crippen LogP contribution in [0.5, 0.6) is 0 Å². The fourth-order valence-electron chi connectivity index (χ4n) is 3.69. The van der Waals surface area contributed by atoms with E-state index in [2.05, 4.69) is 41.5 Å². The Morgan fingerprint density at radius 3 is 1.26 bits per heavy atom. The Bertz CT molecular complexity index is 214. The SMILES string of the molecule is CCCCCCC(C)C(C)[CH2][AlH][CH2]C(C)C(C)CCCCCC. The zero-order chi connectivity index (χ0) is 17.5. The summed E-state index contributed by atoms with van der Waals surface area (Å²) in [5.74, 6) is 3.88. The minimum atomic E-state index is 0.165. The standard InChI is InChI=1S/2C11H23.Al.H/c2*1-5-6-7-8-9-11(4)10(2)3;;/h2*10-11H,2,5-9H2,1,3-4H3;;. The van der Waals surface area contributed by atoms with Crippen LogP contribution in [-0.2, 0) is 0 Å². The van der Waals surface area contributed by atoms with Gasteiger partial charge in [-0.25, -0.2) is 0 Å². The first-order chi connectivity index (χ1) is 11.0. The summed E-state index contributed by atoms with van der Waals surface area (Å²) in [6, 6.07) is 0. The van der Waals surface area contributed by atoms with Crippen molar-refractivity contribution < 1.29 is 0 Å². The van der Waals surface area contributed by atoms with Gasteiger partial charge in [-0.1, -0.05) is 128 Å². The molecule has 23 heavy (non-hydrogen) atoms. The van der Waals surface area contributed by atoms with Gasteiger partial charge < -0.3 is 0 Å². The van der Waals surface area contributed by atoms with Gasteiger partial charge in [-0.15, -0.1) is 0 Å². The molecule has 0 spiro atoms. The van der Waals surface area contributed by atoms with Crippen LogP contribution in [0.25, 0.3) is 0 Å². The molecular formula is C22H47Al. The van der Waals surface area contributed by atoms with Crippen molar-refractivity contribution in [2.24, 2.45) is 23.7 Å². The number of rotatable bonds is 16. The molecule has 0 aliphatic carbocycles. The Morgan fingerprint density at radius 2 is 0.913 bits per heavy atom. The molecule has 1 heteroatoms. The van der Waals surface area contributed by atoms with Crippen LogP contribution in [0.1, 0.15) is 106 Å². The molecule has 0 saturated carbocycles. The summed E-state index contributed by atoms with van der Waals surface area (Å²) in [5, 5.41) is 3.17. The van der Waals surface area contributed by atoms with Crippen LogP contribution in [0.4, 0.5) is 0 Å². The minimum absolute atomic E-state index is 0.165. The second-order valence-corrected chi connectivity index (χ2v) is 10.4. The van der Waals surface area contributed by atoms with Crippen molar-refractivity contribution in [3.8, 4) is 0 Å². The second kappa shape index (κ2) is 16.0. The van der Waals surface area contributed by atoms with E-state index in [4.69, 9.17) is 0 Å². The van der Waals surface area contributed by atoms with Crippen LogP contribution in [0.2, 0.25) is 10.6 Å². The van der Waals surface area contributed by atoms with Crippen molar-refractivity contribution in [1.29, 1.82) is 0 Å². The lowest BCUT2D eigenvalue weighted by molar-refractivity contribution is 0.365. The summed E-state index contributed by atoms with van der Waals surface area (Å²) in [6.07, 6.45) is 14.4. The molecule has 0 fully saturated rings. The summed E-state index contributed by atoms with van der Waals surface area (Å²) >= 11 is 0.165. The van der Waals surface area contributed by atoms with Gasteiger partial charge in [0.25, 0.3) is 0 Å². The third-order valence-electron chi connectivity index (χ3n) is 6.29. The maximum atomic E-state index is 2.52. The lowest BCUT2D eigenvalue weighted by Gasteiger charge is -2.22. The van der Waals surface area contributed by atoms with E-state index in [0.29, 0.717) is 0 Å². The molecule has 0 aromatic heterocycles. The fourth-order valence-corrected chi connectivity index (χ4v) is 6.35. The van der Waals surface area contributed by atoms with E-state index in [1.54, 1.807) is 10.6 Å². The summed E-state index contributed by atoms with van der Waals surface area (Å²) in [4.78, 5) is 0. The third-order valence-corrected chi connectivity index (χ3v) is 8.93. The minimum Gasteiger partial charge on any atom is -0.0945 e. The van der Waals surface area contributed by atoms with Crippen molar-refractivity contribution >= 4 is 15.2 Å². The van der Waals surface area contributed by atoms with E-state index < -0.39 is 0 Å². The van der Waals surface area contributed by atoms with Crippen molar-refractivity contribution in [3.63, 3.8) is 0 Å². The van der Waals surface area contributed by atoms with Gasteiger partial charge in [0.1, 0.15) is 0 Å². The second-order valence-electron chi connectivity index (χ2n) is 8.54. The first kappa shape index (κ1) is 23.5. The molecule has 0 aromatic carbocycles. The molecule has 0 bridgehead atoms. The molecule has 0 heterocycles. The molecule has 4 unspecified atom stereocenters. The Morgan fingerprint density at radius 1 is 0.522 bits per heavy atom. The van der Waals surface area contributed by atoms with Crippen LogP contribution >= 0.6 is 0 Å². The van der Waals surface area contributed by atoms with Gasteiger partial charge in [-0.05, 0) is 11.8 Å². The highest BCUT2D eigenvalue weighted by molar-refractivity contribution is 6.35. The van der Waals surface area contributed by atoms with Gasteiger partial charge in [0.2, 0.25) is 15.2 Å². The highest BCUT2D eigenvalue weighted by Gasteiger charge is 2.16. The van der Waals surface area contributed by atoms with Crippen molar-refractivity contribution in [1.82, 2.24) is 0 Å². The Labute approximate surface area is 155 Å². The average Bonchev–Trinajstić information content (AvgIpc) is 2.54. The third kappa shape index (κ3) is 13.5. The topological polar surface area (TPSA) is 0 Å². The van der Waals surface area contributed by atoms with Gasteiger partial charge in [0, 0.05) is 0 Å². The van der Waals surface area contributed by atoms with Gasteiger partial charge >= 0.3 is 0 Å². The average molecular weight is 339 g/mol. The van der Waals surface area contributed by atoms with Crippen LogP contribution in [0.15, 0.2) is 0 Å². The maximum Gasteiger partial charge on any atom is 0.237 e. The van der Waals surface area contributed by atoms with E-state index >= 15 is 0 Å². The summed E-state index contributed by atoms with van der Waals surface area (Å²) in [7, 11) is 0. The summed E-state index contributed by atoms with van der Waals surface area (Å²) in [5.41, 5.74) is 0. The largest absolute Gasteiger partial charge is 0.237 e. The molecule has 0 radical (unpaired) electrons. The molecule has 0 aliphatic rings. The first-order valence-electron chi connectivity index (χ1n) is 11.0. The smallest absolute Gasteiger partial charge is 0.0945 e. The van der Waals surface area contributed by atoms with Gasteiger partial charge in [-0.3, -0.25) is 0 Å². The predicted molar refractivity (Wildman–Crippen MR) is 111 cm³/mol. The predicted octanol–water partition coefficient (Wildman–Crippen LogP) is 7.74. The highest BCUT2D eigenvalue weighted by atomic mass is 27.1. The first-order valence-corrected chi connectivity index (χ1v) is 13.0. The fraction of sp³-hybridized carbons (Fsp3) is 1.00. The Hall–Kier alpha value is 0.532. The molecule has 0 rings (SSSR count). The lowest BCUT2D eigenvalue weighted by Crippen LogP contribution is -2.14. The van der Waals surface area contributed by atoms with Crippen LogP contribution in [0.3, 0.4) is 0 Å². The van der Waals surface area contributed by atoms with Crippen LogP contribution in [-0.4, -0.2) is 15.2 Å². The number of hydrogen-bond donors (Lipinski definition) is 0. The van der Waals surface area contributed by atoms with E-state index in [-0.39, 0.29) is 15.2 Å². The maximum absolute atomic E-state index is 2.52. The van der Waals surface area contributed by atoms with Gasteiger partial charge in [-0.2, -0.15) is 0 Å². The molecule has 0 aliphatic heterocycles. The Kier molecular flexibility index (Phi) is 16.4. The monoisotopic (exact) mass is 338 g/mol. The molecular weight excluding hydrogens is 291 g/mol. The van der Waals surface area contributed by atoms with E-state index in [0.717, 1.165) is 23.7 Å². The number of unbranched alkanes of at least 4 members (excludes halogenated alkanes) is 6. The lowest BCUT2D eigenvalue weighted by atomic mass is 9.91. The van der Waals surface area contributed by atoms with Gasteiger partial charge in [0.15, 0.2) is 0 Å². The zero-order valence-corrected chi connectivity index (χ0v) is 18.9. The molecule has 4 atom stereocenters. The van der Waals surface area contributed by atoms with Crippen molar-refractivity contribution in [2.45, 2.75) is 116 Å². The van der Waals surface area contributed by atoms with Gasteiger partial charge in [0.05, 0.1) is 0 Å². The summed E-state index contributed by atoms with van der Waals surface area (Å²) < 4.78 is 0. The van der Waals surface area contributed by atoms with E-state index in [1.807, 2.05) is 0 Å². The highest BCUT2D eigenvalue weighted by Crippen LogP contribution is 2.25. The zero-order valence-electron chi connectivity index (χ0n) is 17.5.